The van der Waals surface area contributed by atoms with Gasteiger partial charge in [0.25, 0.3) is 0 Å². The third-order valence-corrected chi connectivity index (χ3v) is 2.45. The number of hydrogen-bond donors (Lipinski definition) is 1. The second-order valence-electron chi connectivity index (χ2n) is 3.95. The number of aryl methyl sites for hydroxylation is 1. The summed E-state index contributed by atoms with van der Waals surface area (Å²) < 4.78 is 2.04. The number of likely N-dealkylation sites (N-methyl/N-ethyl adjacent to an activating group) is 1. The van der Waals surface area contributed by atoms with Crippen molar-refractivity contribution in [2.24, 2.45) is 7.05 Å². The highest BCUT2D eigenvalue weighted by molar-refractivity contribution is 5.85. The van der Waals surface area contributed by atoms with E-state index in [1.54, 1.807) is 19.0 Å². The molecule has 1 N–H and O–H groups in total. The SMILES string of the molecule is C[C@@H](NCc1cccn1C)C(=O)N(C)C.Cl. The number of nitrogens with one attached hydrogen (secondary N) is 1. The number of halogens is 1. The molecule has 1 rings (SSSR count). The molecule has 0 aliphatic carbocycles. The summed E-state index contributed by atoms with van der Waals surface area (Å²) in [5.41, 5.74) is 1.17. The minimum atomic E-state index is -0.144. The minimum absolute atomic E-state index is 0. The van der Waals surface area contributed by atoms with E-state index < -0.39 is 0 Å². The Morgan fingerprint density at radius 3 is 2.62 bits per heavy atom. The van der Waals surface area contributed by atoms with Crippen LogP contribution in [0.5, 0.6) is 0 Å². The number of carbonyl (C=O) groups excluding carboxylic acids is 1. The lowest BCUT2D eigenvalue weighted by Gasteiger charge is -2.18. The zero-order valence-electron chi connectivity index (χ0n) is 10.2. The van der Waals surface area contributed by atoms with Crippen LogP contribution in [0.3, 0.4) is 0 Å². The van der Waals surface area contributed by atoms with Crippen LogP contribution in [0.4, 0.5) is 0 Å². The topological polar surface area (TPSA) is 37.3 Å². The third-order valence-electron chi connectivity index (χ3n) is 2.45. The van der Waals surface area contributed by atoms with E-state index in [0.29, 0.717) is 6.54 Å². The molecule has 0 saturated heterocycles. The second kappa shape index (κ2) is 6.55. The molecular weight excluding hydrogens is 226 g/mol. The number of aromatic nitrogens is 1. The lowest BCUT2D eigenvalue weighted by atomic mass is 10.3. The van der Waals surface area contributed by atoms with E-state index in [-0.39, 0.29) is 24.4 Å². The molecule has 1 aromatic rings. The van der Waals surface area contributed by atoms with Gasteiger partial charge in [-0.1, -0.05) is 0 Å². The monoisotopic (exact) mass is 245 g/mol. The maximum Gasteiger partial charge on any atom is 0.238 e. The zero-order valence-corrected chi connectivity index (χ0v) is 11.0. The van der Waals surface area contributed by atoms with E-state index in [4.69, 9.17) is 0 Å². The van der Waals surface area contributed by atoms with Crippen molar-refractivity contribution in [1.82, 2.24) is 14.8 Å². The Kier molecular flexibility index (Phi) is 6.14. The number of carbonyl (C=O) groups is 1. The normalized spacial score (nSPS) is 11.8. The predicted octanol–water partition coefficient (Wildman–Crippen LogP) is 1.01. The minimum Gasteiger partial charge on any atom is -0.353 e. The van der Waals surface area contributed by atoms with Crippen LogP contribution in [0.1, 0.15) is 12.6 Å². The molecule has 1 aromatic heterocycles. The quantitative estimate of drug-likeness (QED) is 0.860. The summed E-state index contributed by atoms with van der Waals surface area (Å²) in [5.74, 6) is 0.101. The smallest absolute Gasteiger partial charge is 0.238 e. The first-order valence-corrected chi connectivity index (χ1v) is 5.07. The average Bonchev–Trinajstić information content (AvgIpc) is 2.59. The molecule has 16 heavy (non-hydrogen) atoms. The van der Waals surface area contributed by atoms with Crippen LogP contribution in [0, 0.1) is 0 Å². The Labute approximate surface area is 103 Å². The van der Waals surface area contributed by atoms with E-state index in [9.17, 15) is 4.79 Å². The highest BCUT2D eigenvalue weighted by Crippen LogP contribution is 1.99. The summed E-state index contributed by atoms with van der Waals surface area (Å²) in [4.78, 5) is 13.1. The van der Waals surface area contributed by atoms with Crippen LogP contribution < -0.4 is 5.32 Å². The molecule has 0 fully saturated rings. The van der Waals surface area contributed by atoms with Gasteiger partial charge in [0.05, 0.1) is 6.04 Å². The van der Waals surface area contributed by atoms with Gasteiger partial charge < -0.3 is 14.8 Å². The fourth-order valence-electron chi connectivity index (χ4n) is 1.41. The molecule has 1 heterocycles. The van der Waals surface area contributed by atoms with Crippen molar-refractivity contribution >= 4 is 18.3 Å². The Morgan fingerprint density at radius 1 is 1.56 bits per heavy atom. The first kappa shape index (κ1) is 15.0. The average molecular weight is 246 g/mol. The molecule has 0 aliphatic heterocycles. The molecule has 1 amide bonds. The number of rotatable bonds is 4. The van der Waals surface area contributed by atoms with E-state index in [2.05, 4.69) is 5.32 Å². The van der Waals surface area contributed by atoms with Gasteiger partial charge in [0.1, 0.15) is 0 Å². The molecule has 4 nitrogen and oxygen atoms in total. The number of hydrogen-bond acceptors (Lipinski definition) is 2. The van der Waals surface area contributed by atoms with Gasteiger partial charge in [0, 0.05) is 39.6 Å². The summed E-state index contributed by atoms with van der Waals surface area (Å²) in [6, 6.07) is 3.89. The van der Waals surface area contributed by atoms with Gasteiger partial charge >= 0.3 is 0 Å². The first-order chi connectivity index (χ1) is 7.02. The first-order valence-electron chi connectivity index (χ1n) is 5.07. The van der Waals surface area contributed by atoms with Crippen molar-refractivity contribution in [2.45, 2.75) is 19.5 Å². The Hall–Kier alpha value is -1.00. The van der Waals surface area contributed by atoms with Gasteiger partial charge in [0.2, 0.25) is 5.91 Å². The van der Waals surface area contributed by atoms with Crippen molar-refractivity contribution in [2.75, 3.05) is 14.1 Å². The van der Waals surface area contributed by atoms with Crippen molar-refractivity contribution in [3.8, 4) is 0 Å². The van der Waals surface area contributed by atoms with Gasteiger partial charge in [-0.25, -0.2) is 0 Å². The van der Waals surface area contributed by atoms with Gasteiger partial charge in [-0.3, -0.25) is 4.79 Å². The van der Waals surface area contributed by atoms with Crippen LogP contribution >= 0.6 is 12.4 Å². The summed E-state index contributed by atoms with van der Waals surface area (Å²) >= 11 is 0. The molecule has 0 bridgehead atoms. The van der Waals surface area contributed by atoms with Crippen molar-refractivity contribution in [3.05, 3.63) is 24.0 Å². The Balaban J connectivity index is 0.00000225. The van der Waals surface area contributed by atoms with Crippen LogP contribution in [-0.4, -0.2) is 35.5 Å². The molecule has 5 heteroatoms. The highest BCUT2D eigenvalue weighted by atomic mass is 35.5. The maximum absolute atomic E-state index is 11.5. The second-order valence-corrected chi connectivity index (χ2v) is 3.95. The standard InChI is InChI=1S/C11H19N3O.ClH/c1-9(11(15)13(2)3)12-8-10-6-5-7-14(10)4;/h5-7,9,12H,8H2,1-4H3;1H/t9-;/m1./s1. The molecule has 0 spiro atoms. The van der Waals surface area contributed by atoms with Gasteiger partial charge in [-0.05, 0) is 19.1 Å². The van der Waals surface area contributed by atoms with Crippen LogP contribution in [0.15, 0.2) is 18.3 Å². The van der Waals surface area contributed by atoms with Crippen LogP contribution in [0.2, 0.25) is 0 Å². The van der Waals surface area contributed by atoms with E-state index in [0.717, 1.165) is 0 Å². The van der Waals surface area contributed by atoms with E-state index in [1.807, 2.05) is 36.9 Å². The number of nitrogens with zero attached hydrogens (tertiary/aromatic N) is 2. The summed E-state index contributed by atoms with van der Waals surface area (Å²) in [6.45, 7) is 2.59. The fourth-order valence-corrected chi connectivity index (χ4v) is 1.41. The van der Waals surface area contributed by atoms with Gasteiger partial charge in [-0.2, -0.15) is 0 Å². The fraction of sp³-hybridized carbons (Fsp3) is 0.545. The molecule has 0 unspecified atom stereocenters. The summed E-state index contributed by atoms with van der Waals surface area (Å²) in [7, 11) is 5.53. The van der Waals surface area contributed by atoms with E-state index >= 15 is 0 Å². The van der Waals surface area contributed by atoms with Gasteiger partial charge in [0.15, 0.2) is 0 Å². The third kappa shape index (κ3) is 3.87. The Morgan fingerprint density at radius 2 is 2.19 bits per heavy atom. The molecular formula is C11H20ClN3O. The maximum atomic E-state index is 11.5. The molecule has 0 radical (unpaired) electrons. The molecule has 0 aromatic carbocycles. The van der Waals surface area contributed by atoms with E-state index in [1.165, 1.54) is 5.69 Å². The lowest BCUT2D eigenvalue weighted by Crippen LogP contribution is -2.41. The Bertz CT molecular complexity index is 336. The largest absolute Gasteiger partial charge is 0.353 e. The highest BCUT2D eigenvalue weighted by Gasteiger charge is 2.13. The predicted molar refractivity (Wildman–Crippen MR) is 67.7 cm³/mol. The summed E-state index contributed by atoms with van der Waals surface area (Å²) in [5, 5.41) is 3.19. The summed E-state index contributed by atoms with van der Waals surface area (Å²) in [6.07, 6.45) is 2.00. The van der Waals surface area contributed by atoms with Crippen molar-refractivity contribution < 1.29 is 4.79 Å². The molecule has 0 saturated carbocycles. The number of amides is 1. The molecule has 92 valence electrons. The zero-order chi connectivity index (χ0) is 11.4. The lowest BCUT2D eigenvalue weighted by molar-refractivity contribution is -0.130. The van der Waals surface area contributed by atoms with Gasteiger partial charge in [-0.15, -0.1) is 12.4 Å². The van der Waals surface area contributed by atoms with Crippen LogP contribution in [-0.2, 0) is 18.4 Å². The van der Waals surface area contributed by atoms with Crippen molar-refractivity contribution in [3.63, 3.8) is 0 Å². The van der Waals surface area contributed by atoms with Crippen LogP contribution in [0.25, 0.3) is 0 Å². The van der Waals surface area contributed by atoms with Crippen molar-refractivity contribution in [1.29, 1.82) is 0 Å². The molecule has 0 aliphatic rings. The molecule has 1 atom stereocenters.